The van der Waals surface area contributed by atoms with Crippen LogP contribution < -0.4 is 4.74 Å². The Labute approximate surface area is 310 Å². The molecule has 4 atom stereocenters. The zero-order chi connectivity index (χ0) is 36.9. The summed E-state index contributed by atoms with van der Waals surface area (Å²) in [5, 5.41) is 6.40. The maximum atomic E-state index is 13.6. The monoisotopic (exact) mass is 733 g/mol. The number of methoxy groups -OCH3 is 1. The average molecular weight is 734 g/mol. The Morgan fingerprint density at radius 2 is 1.30 bits per heavy atom. The van der Waals surface area contributed by atoms with Crippen molar-refractivity contribution in [2.24, 2.45) is 0 Å². The second-order valence-corrected chi connectivity index (χ2v) is 13.1. The molecule has 0 N–H and O–H groups in total. The molecular weight excluding hydrogens is 698 g/mol. The van der Waals surface area contributed by atoms with Crippen molar-refractivity contribution in [1.82, 2.24) is 14.8 Å². The van der Waals surface area contributed by atoms with Gasteiger partial charge in [0.05, 0.1) is 48.0 Å². The predicted octanol–water partition coefficient (Wildman–Crippen LogP) is 6.55. The first-order valence-electron chi connectivity index (χ1n) is 17.1. The summed E-state index contributed by atoms with van der Waals surface area (Å²) in [6.07, 6.45) is -4.71. The lowest BCUT2D eigenvalue weighted by Gasteiger charge is -2.24. The molecule has 6 aromatic rings. The van der Waals surface area contributed by atoms with Gasteiger partial charge >= 0.3 is 17.9 Å². The van der Waals surface area contributed by atoms with E-state index < -0.39 is 42.4 Å². The van der Waals surface area contributed by atoms with Crippen LogP contribution in [0.4, 0.5) is 0 Å². The molecule has 12 heteroatoms. The number of esters is 3. The summed E-state index contributed by atoms with van der Waals surface area (Å²) in [6, 6.07) is 32.8. The lowest BCUT2D eigenvalue weighted by Crippen LogP contribution is -2.42. The van der Waals surface area contributed by atoms with Crippen molar-refractivity contribution in [2.75, 3.05) is 13.7 Å². The van der Waals surface area contributed by atoms with Gasteiger partial charge in [0.2, 0.25) is 0 Å². The van der Waals surface area contributed by atoms with Crippen LogP contribution in [-0.2, 0) is 52.6 Å². The van der Waals surface area contributed by atoms with Gasteiger partial charge in [0.25, 0.3) is 0 Å². The summed E-state index contributed by atoms with van der Waals surface area (Å²) >= 11 is 6.99. The molecular formula is C41H36ClN3O8. The Kier molecular flexibility index (Phi) is 10.7. The number of rotatable bonds is 12. The minimum atomic E-state index is -1.22. The van der Waals surface area contributed by atoms with Crippen molar-refractivity contribution in [3.8, 4) is 5.75 Å². The maximum absolute atomic E-state index is 13.6. The molecule has 1 saturated heterocycles. The number of nitrogens with zero attached hydrogens (tertiary/aromatic N) is 3. The van der Waals surface area contributed by atoms with Crippen molar-refractivity contribution < 1.29 is 38.1 Å². The van der Waals surface area contributed by atoms with Crippen LogP contribution in [0.3, 0.4) is 0 Å². The Hall–Kier alpha value is -5.78. The minimum absolute atomic E-state index is 0.0220. The van der Waals surface area contributed by atoms with Gasteiger partial charge in [-0.2, -0.15) is 5.10 Å². The molecule has 0 bridgehead atoms. The summed E-state index contributed by atoms with van der Waals surface area (Å²) in [6.45, 7) is 1.48. The number of fused-ring (bicyclic) bond motifs is 2. The van der Waals surface area contributed by atoms with E-state index in [0.717, 1.165) is 16.7 Å². The third-order valence-electron chi connectivity index (χ3n) is 8.99. The molecule has 7 rings (SSSR count). The second kappa shape index (κ2) is 15.9. The van der Waals surface area contributed by atoms with Crippen LogP contribution in [0.2, 0.25) is 5.02 Å². The first-order valence-corrected chi connectivity index (χ1v) is 17.5. The van der Waals surface area contributed by atoms with Crippen molar-refractivity contribution in [2.45, 2.75) is 50.7 Å². The van der Waals surface area contributed by atoms with Crippen molar-refractivity contribution >= 4 is 51.4 Å². The Morgan fingerprint density at radius 3 is 1.87 bits per heavy atom. The molecule has 11 nitrogen and oxygen atoms in total. The Balaban J connectivity index is 1.26. The highest BCUT2D eigenvalue weighted by Gasteiger charge is 2.52. The topological polar surface area (TPSA) is 128 Å². The lowest BCUT2D eigenvalue weighted by atomic mass is 10.1. The van der Waals surface area contributed by atoms with Crippen LogP contribution in [-0.4, -0.2) is 64.7 Å². The van der Waals surface area contributed by atoms with Crippen LogP contribution in [0.15, 0.2) is 109 Å². The molecule has 1 aliphatic heterocycles. The normalized spacial score (nSPS) is 18.2. The Morgan fingerprint density at radius 1 is 0.755 bits per heavy atom. The quantitative estimate of drug-likeness (QED) is 0.101. The van der Waals surface area contributed by atoms with Crippen LogP contribution in [0.5, 0.6) is 5.75 Å². The summed E-state index contributed by atoms with van der Waals surface area (Å²) in [4.78, 5) is 45.1. The van der Waals surface area contributed by atoms with Crippen molar-refractivity contribution in [3.63, 3.8) is 0 Å². The van der Waals surface area contributed by atoms with Gasteiger partial charge in [0.1, 0.15) is 18.5 Å². The van der Waals surface area contributed by atoms with Crippen molar-refractivity contribution in [1.29, 1.82) is 0 Å². The molecule has 270 valence electrons. The van der Waals surface area contributed by atoms with E-state index in [1.807, 2.05) is 91.0 Å². The highest BCUT2D eigenvalue weighted by atomic mass is 35.5. The van der Waals surface area contributed by atoms with Gasteiger partial charge < -0.3 is 23.7 Å². The molecule has 0 unspecified atom stereocenters. The first-order chi connectivity index (χ1) is 25.8. The van der Waals surface area contributed by atoms with Crippen LogP contribution >= 0.6 is 11.6 Å². The number of hydrogen-bond donors (Lipinski definition) is 0. The van der Waals surface area contributed by atoms with E-state index in [9.17, 15) is 14.4 Å². The number of pyridine rings is 1. The maximum Gasteiger partial charge on any atom is 0.310 e. The van der Waals surface area contributed by atoms with Gasteiger partial charge in [-0.3, -0.25) is 14.4 Å². The van der Waals surface area contributed by atoms with Gasteiger partial charge in [-0.15, -0.1) is 0 Å². The number of benzene rings is 4. The standard InChI is InChI=1S/C41H36ClN3O8/c1-25-36-37(42)30-23-29(49-2)18-19-31(30)43-40(36)45(44-25)41-39(53-35(48)22-28-16-10-5-11-17-28)38(52-34(47)21-27-14-8-4-9-15-27)32(51-41)24-50-33(46)20-26-12-6-3-7-13-26/h3-19,23,32,38-39,41H,20-22,24H2,1-2H3/t32-,38-,39-,41-/m1/s1. The van der Waals surface area contributed by atoms with Crippen LogP contribution in [0, 0.1) is 6.92 Å². The van der Waals surface area contributed by atoms with E-state index in [1.54, 1.807) is 32.2 Å². The van der Waals surface area contributed by atoms with E-state index in [2.05, 4.69) is 0 Å². The molecule has 0 radical (unpaired) electrons. The van der Waals surface area contributed by atoms with E-state index >= 15 is 0 Å². The molecule has 1 aliphatic rings. The van der Waals surface area contributed by atoms with Gasteiger partial charge in [-0.1, -0.05) is 103 Å². The van der Waals surface area contributed by atoms with E-state index in [-0.39, 0.29) is 25.9 Å². The highest BCUT2D eigenvalue weighted by molar-refractivity contribution is 6.40. The lowest BCUT2D eigenvalue weighted by molar-refractivity contribution is -0.168. The summed E-state index contributed by atoms with van der Waals surface area (Å²) < 4.78 is 31.4. The molecule has 2 aromatic heterocycles. The van der Waals surface area contributed by atoms with Gasteiger partial charge in [0.15, 0.2) is 24.1 Å². The summed E-state index contributed by atoms with van der Waals surface area (Å²) in [5.41, 5.74) is 3.69. The molecule has 0 saturated carbocycles. The second-order valence-electron chi connectivity index (χ2n) is 12.7. The average Bonchev–Trinajstić information content (AvgIpc) is 3.67. The largest absolute Gasteiger partial charge is 0.497 e. The number of carbonyl (C=O) groups is 3. The fourth-order valence-corrected chi connectivity index (χ4v) is 6.82. The smallest absolute Gasteiger partial charge is 0.310 e. The molecule has 0 aliphatic carbocycles. The van der Waals surface area contributed by atoms with E-state index in [4.69, 9.17) is 45.4 Å². The molecule has 53 heavy (non-hydrogen) atoms. The number of halogens is 1. The van der Waals surface area contributed by atoms with E-state index in [0.29, 0.717) is 38.4 Å². The van der Waals surface area contributed by atoms with Crippen molar-refractivity contribution in [3.05, 3.63) is 137 Å². The third kappa shape index (κ3) is 8.01. The molecule has 3 heterocycles. The minimum Gasteiger partial charge on any atom is -0.497 e. The molecule has 4 aromatic carbocycles. The summed E-state index contributed by atoms with van der Waals surface area (Å²) in [7, 11) is 1.57. The van der Waals surface area contributed by atoms with Crippen LogP contribution in [0.25, 0.3) is 21.9 Å². The molecule has 1 fully saturated rings. The van der Waals surface area contributed by atoms with Gasteiger partial charge in [-0.05, 0) is 41.8 Å². The van der Waals surface area contributed by atoms with Crippen LogP contribution in [0.1, 0.15) is 28.6 Å². The molecule has 0 spiro atoms. The SMILES string of the molecule is COc1ccc2nc3c(c(C)nn3[C@@H]3O[C@H](COC(=O)Cc4ccccc4)[C@@H](OC(=O)Cc4ccccc4)[C@H]3OC(=O)Cc3ccccc3)c(Cl)c2c1. The fraction of sp³-hybridized carbons (Fsp3) is 0.244. The Bertz CT molecular complexity index is 2250. The third-order valence-corrected chi connectivity index (χ3v) is 9.38. The highest BCUT2D eigenvalue weighted by Crippen LogP contribution is 2.40. The number of hydrogen-bond acceptors (Lipinski definition) is 10. The van der Waals surface area contributed by atoms with Gasteiger partial charge in [0, 0.05) is 5.39 Å². The number of aryl methyl sites for hydroxylation is 1. The molecule has 0 amide bonds. The number of ether oxygens (including phenoxy) is 5. The number of carbonyl (C=O) groups excluding carboxylic acids is 3. The first kappa shape index (κ1) is 35.6. The zero-order valence-electron chi connectivity index (χ0n) is 29.0. The zero-order valence-corrected chi connectivity index (χ0v) is 29.8. The number of aromatic nitrogens is 3. The predicted molar refractivity (Wildman–Crippen MR) is 196 cm³/mol. The fourth-order valence-electron chi connectivity index (χ4n) is 6.45. The van der Waals surface area contributed by atoms with Gasteiger partial charge in [-0.25, -0.2) is 9.67 Å². The summed E-state index contributed by atoms with van der Waals surface area (Å²) in [5.74, 6) is -1.07. The van der Waals surface area contributed by atoms with E-state index in [1.165, 1.54) is 4.68 Å².